The lowest BCUT2D eigenvalue weighted by Crippen LogP contribution is -2.17. The van der Waals surface area contributed by atoms with Crippen LogP contribution >= 0.6 is 0 Å². The molecule has 0 atom stereocenters. The largest absolute Gasteiger partial charge is 0.477 e. The van der Waals surface area contributed by atoms with Gasteiger partial charge in [0.2, 0.25) is 0 Å². The first-order valence-corrected chi connectivity index (χ1v) is 5.82. The molecule has 0 heterocycles. The maximum atomic E-state index is 10.4. The zero-order valence-corrected chi connectivity index (χ0v) is 10.4. The molecule has 0 aliphatic heterocycles. The second kappa shape index (κ2) is 8.25. The van der Waals surface area contributed by atoms with Crippen molar-refractivity contribution >= 4 is 11.7 Å². The standard InChI is InChI=1S/C13H18N2O3/c1-11(13(16)17)15-14-8-5-9-18-10-12-6-3-2-4-7-12/h2-4,6-7,14H,5,8-10H2,1H3,(H,16,17)/b15-11+. The summed E-state index contributed by atoms with van der Waals surface area (Å²) in [5.41, 5.74) is 3.89. The first-order valence-electron chi connectivity index (χ1n) is 5.82. The molecule has 0 fully saturated rings. The molecule has 0 radical (unpaired) electrons. The molecule has 0 unspecified atom stereocenters. The summed E-state index contributed by atoms with van der Waals surface area (Å²) in [4.78, 5) is 10.4. The van der Waals surface area contributed by atoms with Gasteiger partial charge in [0.15, 0.2) is 0 Å². The molecule has 1 rings (SSSR count). The zero-order valence-electron chi connectivity index (χ0n) is 10.4. The number of hydrogen-bond donors (Lipinski definition) is 2. The molecule has 0 aliphatic carbocycles. The van der Waals surface area contributed by atoms with E-state index in [1.54, 1.807) is 0 Å². The normalized spacial score (nSPS) is 11.3. The van der Waals surface area contributed by atoms with Crippen LogP contribution in [0.5, 0.6) is 0 Å². The Balaban J connectivity index is 2.03. The van der Waals surface area contributed by atoms with E-state index in [0.717, 1.165) is 12.0 Å². The van der Waals surface area contributed by atoms with Gasteiger partial charge < -0.3 is 15.3 Å². The second-order valence-electron chi connectivity index (χ2n) is 3.80. The van der Waals surface area contributed by atoms with Crippen LogP contribution in [-0.2, 0) is 16.1 Å². The summed E-state index contributed by atoms with van der Waals surface area (Å²) in [6, 6.07) is 9.95. The van der Waals surface area contributed by atoms with Gasteiger partial charge in [-0.25, -0.2) is 4.79 Å². The lowest BCUT2D eigenvalue weighted by atomic mass is 10.2. The minimum atomic E-state index is -1.01. The summed E-state index contributed by atoms with van der Waals surface area (Å²) in [6.07, 6.45) is 0.781. The molecule has 0 spiro atoms. The highest BCUT2D eigenvalue weighted by Crippen LogP contribution is 2.00. The predicted molar refractivity (Wildman–Crippen MR) is 69.5 cm³/mol. The van der Waals surface area contributed by atoms with E-state index in [4.69, 9.17) is 9.84 Å². The fourth-order valence-corrected chi connectivity index (χ4v) is 1.24. The molecule has 0 saturated carbocycles. The van der Waals surface area contributed by atoms with Crippen molar-refractivity contribution in [2.45, 2.75) is 20.0 Å². The fourth-order valence-electron chi connectivity index (χ4n) is 1.24. The smallest absolute Gasteiger partial charge is 0.351 e. The minimum Gasteiger partial charge on any atom is -0.477 e. The van der Waals surface area contributed by atoms with Gasteiger partial charge in [-0.1, -0.05) is 30.3 Å². The number of hydrazone groups is 1. The van der Waals surface area contributed by atoms with E-state index in [1.165, 1.54) is 6.92 Å². The van der Waals surface area contributed by atoms with Crippen molar-refractivity contribution in [3.05, 3.63) is 35.9 Å². The maximum Gasteiger partial charge on any atom is 0.351 e. The molecule has 98 valence electrons. The molecule has 0 bridgehead atoms. The number of hydrogen-bond acceptors (Lipinski definition) is 4. The summed E-state index contributed by atoms with van der Waals surface area (Å²) < 4.78 is 5.47. The fraction of sp³-hybridized carbons (Fsp3) is 0.385. The molecule has 2 N–H and O–H groups in total. The average Bonchev–Trinajstić information content (AvgIpc) is 2.38. The van der Waals surface area contributed by atoms with E-state index in [-0.39, 0.29) is 5.71 Å². The number of carboxylic acid groups (broad SMARTS) is 1. The van der Waals surface area contributed by atoms with Crippen LogP contribution in [0.1, 0.15) is 18.9 Å². The topological polar surface area (TPSA) is 70.9 Å². The van der Waals surface area contributed by atoms with Gasteiger partial charge in [-0.15, -0.1) is 0 Å². The van der Waals surface area contributed by atoms with Crippen LogP contribution in [0.25, 0.3) is 0 Å². The highest BCUT2D eigenvalue weighted by atomic mass is 16.5. The Morgan fingerprint density at radius 3 is 2.78 bits per heavy atom. The number of benzene rings is 1. The Morgan fingerprint density at radius 2 is 2.11 bits per heavy atom. The van der Waals surface area contributed by atoms with Crippen molar-refractivity contribution < 1.29 is 14.6 Å². The van der Waals surface area contributed by atoms with Gasteiger partial charge in [0.25, 0.3) is 0 Å². The zero-order chi connectivity index (χ0) is 13.2. The molecule has 5 nitrogen and oxygen atoms in total. The third-order valence-corrected chi connectivity index (χ3v) is 2.25. The van der Waals surface area contributed by atoms with E-state index >= 15 is 0 Å². The van der Waals surface area contributed by atoms with Gasteiger partial charge >= 0.3 is 5.97 Å². The first kappa shape index (κ1) is 14.2. The van der Waals surface area contributed by atoms with Crippen LogP contribution in [0, 0.1) is 0 Å². The minimum absolute atomic E-state index is 0.0557. The van der Waals surface area contributed by atoms with Gasteiger partial charge in [0, 0.05) is 13.2 Å². The number of nitrogens with zero attached hydrogens (tertiary/aromatic N) is 1. The number of aliphatic carboxylic acids is 1. The summed E-state index contributed by atoms with van der Waals surface area (Å²) in [5.74, 6) is -1.01. The third-order valence-electron chi connectivity index (χ3n) is 2.25. The number of nitrogens with one attached hydrogen (secondary N) is 1. The van der Waals surface area contributed by atoms with Crippen LogP contribution in [0.4, 0.5) is 0 Å². The van der Waals surface area contributed by atoms with E-state index in [0.29, 0.717) is 19.8 Å². The Bertz CT molecular complexity index is 390. The maximum absolute atomic E-state index is 10.4. The van der Waals surface area contributed by atoms with E-state index in [2.05, 4.69) is 10.5 Å². The Hall–Kier alpha value is -1.88. The molecular weight excluding hydrogens is 232 g/mol. The number of rotatable bonds is 8. The molecular formula is C13H18N2O3. The van der Waals surface area contributed by atoms with Gasteiger partial charge in [0.1, 0.15) is 5.71 Å². The molecule has 18 heavy (non-hydrogen) atoms. The van der Waals surface area contributed by atoms with Crippen LogP contribution < -0.4 is 5.43 Å². The van der Waals surface area contributed by atoms with E-state index in [1.807, 2.05) is 30.3 Å². The molecule has 0 aliphatic rings. The van der Waals surface area contributed by atoms with Gasteiger partial charge in [-0.05, 0) is 18.9 Å². The number of ether oxygens (including phenoxy) is 1. The lowest BCUT2D eigenvalue weighted by molar-refractivity contribution is -0.129. The van der Waals surface area contributed by atoms with Crippen LogP contribution in [0.15, 0.2) is 35.4 Å². The van der Waals surface area contributed by atoms with E-state index < -0.39 is 5.97 Å². The molecule has 0 amide bonds. The third kappa shape index (κ3) is 6.00. The Labute approximate surface area is 106 Å². The van der Waals surface area contributed by atoms with Crippen LogP contribution in [0.2, 0.25) is 0 Å². The van der Waals surface area contributed by atoms with Crippen molar-refractivity contribution in [2.75, 3.05) is 13.2 Å². The lowest BCUT2D eigenvalue weighted by Gasteiger charge is -2.04. The predicted octanol–water partition coefficient (Wildman–Crippen LogP) is 1.64. The number of carboxylic acids is 1. The van der Waals surface area contributed by atoms with Crippen molar-refractivity contribution in [3.63, 3.8) is 0 Å². The van der Waals surface area contributed by atoms with Crippen molar-refractivity contribution in [2.24, 2.45) is 5.10 Å². The highest BCUT2D eigenvalue weighted by Gasteiger charge is 1.99. The second-order valence-corrected chi connectivity index (χ2v) is 3.80. The van der Waals surface area contributed by atoms with Gasteiger partial charge in [-0.3, -0.25) is 0 Å². The average molecular weight is 250 g/mol. The van der Waals surface area contributed by atoms with Gasteiger partial charge in [0.05, 0.1) is 6.61 Å². The Kier molecular flexibility index (Phi) is 6.50. The van der Waals surface area contributed by atoms with E-state index in [9.17, 15) is 4.79 Å². The summed E-state index contributed by atoms with van der Waals surface area (Å²) in [7, 11) is 0. The molecule has 0 saturated heterocycles. The molecule has 1 aromatic carbocycles. The van der Waals surface area contributed by atoms with Crippen molar-refractivity contribution in [1.82, 2.24) is 5.43 Å². The molecule has 0 aromatic heterocycles. The summed E-state index contributed by atoms with van der Waals surface area (Å²) in [6.45, 7) is 3.25. The van der Waals surface area contributed by atoms with Crippen molar-refractivity contribution in [3.8, 4) is 0 Å². The number of carbonyl (C=O) groups is 1. The van der Waals surface area contributed by atoms with Gasteiger partial charge in [-0.2, -0.15) is 5.10 Å². The highest BCUT2D eigenvalue weighted by molar-refractivity contribution is 6.34. The van der Waals surface area contributed by atoms with Crippen molar-refractivity contribution in [1.29, 1.82) is 0 Å². The van der Waals surface area contributed by atoms with Crippen LogP contribution in [-0.4, -0.2) is 29.9 Å². The monoisotopic (exact) mass is 250 g/mol. The quantitative estimate of drug-likeness (QED) is 0.418. The first-order chi connectivity index (χ1) is 8.70. The molecule has 5 heteroatoms. The molecule has 1 aromatic rings. The van der Waals surface area contributed by atoms with Crippen LogP contribution in [0.3, 0.4) is 0 Å². The summed E-state index contributed by atoms with van der Waals surface area (Å²) in [5, 5.41) is 12.2. The summed E-state index contributed by atoms with van der Waals surface area (Å²) >= 11 is 0. The Morgan fingerprint density at radius 1 is 1.39 bits per heavy atom. The SMILES string of the molecule is C/C(=N\NCCCOCc1ccccc1)C(=O)O.